The Morgan fingerprint density at radius 3 is 2.69 bits per heavy atom. The maximum atomic E-state index is 12.3. The zero-order valence-corrected chi connectivity index (χ0v) is 16.6. The summed E-state index contributed by atoms with van der Waals surface area (Å²) in [6, 6.07) is 8.85. The Morgan fingerprint density at radius 1 is 1.42 bits per heavy atom. The van der Waals surface area contributed by atoms with E-state index in [0.717, 1.165) is 5.56 Å². The number of hydrogen-bond acceptors (Lipinski definition) is 5. The van der Waals surface area contributed by atoms with E-state index < -0.39 is 0 Å². The molecule has 0 fully saturated rings. The van der Waals surface area contributed by atoms with Crippen molar-refractivity contribution in [3.05, 3.63) is 63.4 Å². The first-order valence-corrected chi connectivity index (χ1v) is 8.78. The Morgan fingerprint density at radius 2 is 2.12 bits per heavy atom. The number of methoxy groups -OCH3 is 1. The van der Waals surface area contributed by atoms with E-state index in [0.29, 0.717) is 32.3 Å². The summed E-state index contributed by atoms with van der Waals surface area (Å²) < 4.78 is 5.87. The molecule has 2 aromatic rings. The highest BCUT2D eigenvalue weighted by molar-refractivity contribution is 9.12. The molecule has 0 unspecified atom stereocenters. The molecular weight excluding hydrogens is 420 g/mol. The van der Waals surface area contributed by atoms with Crippen LogP contribution in [0, 0.1) is 0 Å². The van der Waals surface area contributed by atoms with E-state index >= 15 is 0 Å². The smallest absolute Gasteiger partial charge is 0.228 e. The van der Waals surface area contributed by atoms with Gasteiger partial charge in [-0.1, -0.05) is 23.7 Å². The number of halogens is 2. The predicted octanol–water partition coefficient (Wildman–Crippen LogP) is 3.54. The number of rotatable bonds is 6. The fourth-order valence-corrected chi connectivity index (χ4v) is 2.80. The standard InChI is InChI=1S/C18H18BrClN4O2/c1-22-17(15(19)9-21)14-8-13(10-23-18(14)26-2)24-16(25)7-11-3-5-12(20)6-4-11/h3-6,8-10H,7,21H2,1-2H3,(H,24,25). The van der Waals surface area contributed by atoms with Gasteiger partial charge < -0.3 is 15.8 Å². The van der Waals surface area contributed by atoms with E-state index in [9.17, 15) is 4.79 Å². The van der Waals surface area contributed by atoms with Gasteiger partial charge in [0.25, 0.3) is 0 Å². The normalized spacial score (nSPS) is 12.0. The lowest BCUT2D eigenvalue weighted by molar-refractivity contribution is -0.115. The summed E-state index contributed by atoms with van der Waals surface area (Å²) in [7, 11) is 3.14. The van der Waals surface area contributed by atoms with Gasteiger partial charge >= 0.3 is 0 Å². The first-order chi connectivity index (χ1) is 12.5. The van der Waals surface area contributed by atoms with Crippen molar-refractivity contribution >= 4 is 44.8 Å². The number of nitrogens with zero attached hydrogens (tertiary/aromatic N) is 2. The number of carbonyl (C=O) groups excluding carboxylic acids is 1. The lowest BCUT2D eigenvalue weighted by atomic mass is 10.1. The van der Waals surface area contributed by atoms with Crippen molar-refractivity contribution in [2.75, 3.05) is 19.5 Å². The summed E-state index contributed by atoms with van der Waals surface area (Å²) in [6.07, 6.45) is 3.13. The van der Waals surface area contributed by atoms with E-state index in [-0.39, 0.29) is 12.3 Å². The van der Waals surface area contributed by atoms with Crippen molar-refractivity contribution in [1.29, 1.82) is 0 Å². The molecule has 1 aromatic carbocycles. The second kappa shape index (κ2) is 9.35. The molecule has 0 saturated heterocycles. The molecule has 0 saturated carbocycles. The Bertz CT molecular complexity index is 851. The lowest BCUT2D eigenvalue weighted by Gasteiger charge is -2.12. The molecule has 0 bridgehead atoms. The van der Waals surface area contributed by atoms with Gasteiger partial charge in [-0.05, 0) is 39.7 Å². The molecule has 0 atom stereocenters. The van der Waals surface area contributed by atoms with Crippen molar-refractivity contribution in [1.82, 2.24) is 4.98 Å². The molecule has 136 valence electrons. The van der Waals surface area contributed by atoms with E-state index in [2.05, 4.69) is 31.2 Å². The topological polar surface area (TPSA) is 89.6 Å². The van der Waals surface area contributed by atoms with Crippen LogP contribution in [0.2, 0.25) is 5.02 Å². The Balaban J connectivity index is 2.23. The van der Waals surface area contributed by atoms with Crippen LogP contribution in [0.1, 0.15) is 11.1 Å². The minimum atomic E-state index is -0.173. The number of benzene rings is 1. The predicted molar refractivity (Wildman–Crippen MR) is 108 cm³/mol. The van der Waals surface area contributed by atoms with Crippen LogP contribution < -0.4 is 15.8 Å². The molecule has 8 heteroatoms. The van der Waals surface area contributed by atoms with E-state index in [1.807, 2.05) is 12.1 Å². The highest BCUT2D eigenvalue weighted by atomic mass is 79.9. The van der Waals surface area contributed by atoms with Gasteiger partial charge in [-0.15, -0.1) is 0 Å². The van der Waals surface area contributed by atoms with Crippen LogP contribution in [0.25, 0.3) is 0 Å². The van der Waals surface area contributed by atoms with Gasteiger partial charge in [0.15, 0.2) is 0 Å². The van der Waals surface area contributed by atoms with Crippen molar-refractivity contribution in [3.63, 3.8) is 0 Å². The third kappa shape index (κ3) is 5.06. The quantitative estimate of drug-likeness (QED) is 0.676. The molecule has 26 heavy (non-hydrogen) atoms. The second-order valence-electron chi connectivity index (χ2n) is 5.22. The largest absolute Gasteiger partial charge is 0.481 e. The molecule has 1 amide bonds. The number of ether oxygens (including phenoxy) is 1. The van der Waals surface area contributed by atoms with Crippen LogP contribution in [0.5, 0.6) is 5.88 Å². The molecular formula is C18H18BrClN4O2. The van der Waals surface area contributed by atoms with Crippen LogP contribution in [0.15, 0.2) is 52.2 Å². The SMILES string of the molecule is CN=C(C(Br)=CN)c1cc(NC(=O)Cc2ccc(Cl)cc2)cnc1OC. The number of anilines is 1. The minimum Gasteiger partial charge on any atom is -0.481 e. The molecule has 3 N–H and O–H groups in total. The van der Waals surface area contributed by atoms with Gasteiger partial charge in [0.2, 0.25) is 11.8 Å². The monoisotopic (exact) mass is 436 g/mol. The number of pyridine rings is 1. The maximum Gasteiger partial charge on any atom is 0.228 e. The zero-order chi connectivity index (χ0) is 19.1. The number of aliphatic imine (C=N–C) groups is 1. The average molecular weight is 438 g/mol. The first-order valence-electron chi connectivity index (χ1n) is 7.61. The molecule has 0 aliphatic heterocycles. The summed E-state index contributed by atoms with van der Waals surface area (Å²) >= 11 is 9.21. The molecule has 0 aliphatic rings. The zero-order valence-electron chi connectivity index (χ0n) is 14.3. The van der Waals surface area contributed by atoms with Crippen LogP contribution in [0.4, 0.5) is 5.69 Å². The van der Waals surface area contributed by atoms with Crippen LogP contribution in [0.3, 0.4) is 0 Å². The average Bonchev–Trinajstić information content (AvgIpc) is 2.64. The van der Waals surface area contributed by atoms with Gasteiger partial charge in [0, 0.05) is 18.3 Å². The number of allylic oxidation sites excluding steroid dienone is 1. The van der Waals surface area contributed by atoms with Crippen LogP contribution in [-0.2, 0) is 11.2 Å². The number of carbonyl (C=O) groups is 1. The molecule has 1 aromatic heterocycles. The number of nitrogens with one attached hydrogen (secondary N) is 1. The summed E-state index contributed by atoms with van der Waals surface area (Å²) in [5.41, 5.74) is 8.11. The van der Waals surface area contributed by atoms with Gasteiger partial charge in [-0.3, -0.25) is 9.79 Å². The van der Waals surface area contributed by atoms with Gasteiger partial charge in [0.05, 0.1) is 41.2 Å². The third-order valence-corrected chi connectivity index (χ3v) is 4.35. The van der Waals surface area contributed by atoms with Crippen molar-refractivity contribution in [2.45, 2.75) is 6.42 Å². The fourth-order valence-electron chi connectivity index (χ4n) is 2.28. The molecule has 0 spiro atoms. The Hall–Kier alpha value is -2.38. The molecule has 6 nitrogen and oxygen atoms in total. The van der Waals surface area contributed by atoms with Crippen LogP contribution in [-0.4, -0.2) is 30.8 Å². The number of aromatic nitrogens is 1. The summed E-state index contributed by atoms with van der Waals surface area (Å²) in [5, 5.41) is 3.45. The maximum absolute atomic E-state index is 12.3. The van der Waals surface area contributed by atoms with Gasteiger partial charge in [0.1, 0.15) is 0 Å². The highest BCUT2D eigenvalue weighted by Gasteiger charge is 2.16. The number of hydrogen-bond donors (Lipinski definition) is 2. The summed E-state index contributed by atoms with van der Waals surface area (Å²) in [4.78, 5) is 20.7. The van der Waals surface area contributed by atoms with Gasteiger partial charge in [-0.2, -0.15) is 0 Å². The molecule has 1 heterocycles. The van der Waals surface area contributed by atoms with E-state index in [1.165, 1.54) is 19.5 Å². The fraction of sp³-hybridized carbons (Fsp3) is 0.167. The van der Waals surface area contributed by atoms with E-state index in [4.69, 9.17) is 22.1 Å². The molecule has 2 rings (SSSR count). The summed E-state index contributed by atoms with van der Waals surface area (Å²) in [5.74, 6) is 0.203. The number of amides is 1. The highest BCUT2D eigenvalue weighted by Crippen LogP contribution is 2.25. The van der Waals surface area contributed by atoms with Gasteiger partial charge in [-0.25, -0.2) is 4.98 Å². The Labute approximate surface area is 165 Å². The summed E-state index contributed by atoms with van der Waals surface area (Å²) in [6.45, 7) is 0. The van der Waals surface area contributed by atoms with E-state index in [1.54, 1.807) is 25.2 Å². The first kappa shape index (κ1) is 19.9. The molecule has 0 radical (unpaired) electrons. The Kier molecular flexibility index (Phi) is 7.17. The minimum absolute atomic E-state index is 0.173. The molecule has 0 aliphatic carbocycles. The second-order valence-corrected chi connectivity index (χ2v) is 6.51. The van der Waals surface area contributed by atoms with Crippen LogP contribution >= 0.6 is 27.5 Å². The third-order valence-electron chi connectivity index (χ3n) is 3.46. The van der Waals surface area contributed by atoms with Crippen molar-refractivity contribution < 1.29 is 9.53 Å². The lowest BCUT2D eigenvalue weighted by Crippen LogP contribution is -2.15. The number of nitrogens with two attached hydrogens (primary N) is 1. The van der Waals surface area contributed by atoms with Crippen molar-refractivity contribution in [2.24, 2.45) is 10.7 Å². The van der Waals surface area contributed by atoms with Crippen molar-refractivity contribution in [3.8, 4) is 5.88 Å².